The number of nitrogens with zero attached hydrogens (tertiary/aromatic N) is 1. The van der Waals surface area contributed by atoms with Crippen LogP contribution in [-0.4, -0.2) is 25.5 Å². The summed E-state index contributed by atoms with van der Waals surface area (Å²) in [6.45, 7) is 1.81. The molecule has 0 fully saturated rings. The third kappa shape index (κ3) is 2.02. The number of nitrogens with two attached hydrogens (primary N) is 2. The molecule has 1 atom stereocenters. The summed E-state index contributed by atoms with van der Waals surface area (Å²) in [6, 6.07) is 8.15. The van der Waals surface area contributed by atoms with E-state index in [1.807, 2.05) is 23.1 Å². The fourth-order valence-electron chi connectivity index (χ4n) is 2.37. The molecule has 0 aromatic heterocycles. The number of fused-ring (bicyclic) bond motifs is 1. The van der Waals surface area contributed by atoms with Gasteiger partial charge in [-0.25, -0.2) is 0 Å². The Morgan fingerprint density at radius 2 is 2.19 bits per heavy atom. The Labute approximate surface area is 95.2 Å². The zero-order valence-corrected chi connectivity index (χ0v) is 9.23. The summed E-state index contributed by atoms with van der Waals surface area (Å²) < 4.78 is 0. The smallest absolute Gasteiger partial charge is 0.236 e. The number of benzene rings is 1. The number of para-hydroxylation sites is 1. The topological polar surface area (TPSA) is 72.3 Å². The molecule has 1 heterocycles. The number of hydrogen-bond acceptors (Lipinski definition) is 3. The van der Waals surface area contributed by atoms with Crippen LogP contribution in [0, 0.1) is 0 Å². The number of amides is 1. The molecule has 86 valence electrons. The van der Waals surface area contributed by atoms with Gasteiger partial charge < -0.3 is 16.4 Å². The summed E-state index contributed by atoms with van der Waals surface area (Å²) in [5.41, 5.74) is 13.3. The van der Waals surface area contributed by atoms with Gasteiger partial charge in [0.25, 0.3) is 0 Å². The summed E-state index contributed by atoms with van der Waals surface area (Å²) in [4.78, 5) is 13.0. The fraction of sp³-hybridized carbons (Fsp3) is 0.417. The highest BCUT2D eigenvalue weighted by molar-refractivity contribution is 5.80. The standard InChI is InChI=1S/C12H17N3O/c13-6-5-9-7-15(8-12(14)16)11-4-2-1-3-10(9)11/h1-4,9H,5-8,13H2,(H2,14,16). The van der Waals surface area contributed by atoms with E-state index in [-0.39, 0.29) is 12.5 Å². The van der Waals surface area contributed by atoms with Gasteiger partial charge in [0.1, 0.15) is 0 Å². The highest BCUT2D eigenvalue weighted by Crippen LogP contribution is 2.37. The van der Waals surface area contributed by atoms with Crippen LogP contribution in [0.15, 0.2) is 24.3 Å². The molecule has 0 saturated carbocycles. The Kier molecular flexibility index (Phi) is 3.10. The minimum Gasteiger partial charge on any atom is -0.368 e. The molecule has 0 radical (unpaired) electrons. The van der Waals surface area contributed by atoms with E-state index in [9.17, 15) is 4.79 Å². The van der Waals surface area contributed by atoms with Crippen LogP contribution in [-0.2, 0) is 4.79 Å². The van der Waals surface area contributed by atoms with E-state index >= 15 is 0 Å². The van der Waals surface area contributed by atoms with Crippen LogP contribution in [0.5, 0.6) is 0 Å². The van der Waals surface area contributed by atoms with E-state index in [1.54, 1.807) is 0 Å². The molecule has 1 unspecified atom stereocenters. The van der Waals surface area contributed by atoms with Gasteiger partial charge in [-0.05, 0) is 24.6 Å². The average molecular weight is 219 g/mol. The third-order valence-electron chi connectivity index (χ3n) is 3.02. The van der Waals surface area contributed by atoms with Crippen LogP contribution in [0.25, 0.3) is 0 Å². The Bertz CT molecular complexity index is 392. The van der Waals surface area contributed by atoms with Crippen LogP contribution in [0.2, 0.25) is 0 Å². The lowest BCUT2D eigenvalue weighted by Gasteiger charge is -2.17. The van der Waals surface area contributed by atoms with Crippen molar-refractivity contribution in [2.75, 3.05) is 24.5 Å². The molecule has 4 heteroatoms. The predicted octanol–water partition coefficient (Wildman–Crippen LogP) is 0.424. The highest BCUT2D eigenvalue weighted by Gasteiger charge is 2.27. The Balaban J connectivity index is 2.24. The quantitative estimate of drug-likeness (QED) is 0.771. The summed E-state index contributed by atoms with van der Waals surface area (Å²) in [7, 11) is 0. The van der Waals surface area contributed by atoms with Crippen molar-refractivity contribution >= 4 is 11.6 Å². The predicted molar refractivity (Wildman–Crippen MR) is 64.3 cm³/mol. The molecule has 1 aromatic rings. The Hall–Kier alpha value is -1.55. The fourth-order valence-corrected chi connectivity index (χ4v) is 2.37. The van der Waals surface area contributed by atoms with Gasteiger partial charge in [0, 0.05) is 18.2 Å². The summed E-state index contributed by atoms with van der Waals surface area (Å²) in [6.07, 6.45) is 0.951. The van der Waals surface area contributed by atoms with Crippen LogP contribution >= 0.6 is 0 Å². The van der Waals surface area contributed by atoms with E-state index in [2.05, 4.69) is 6.07 Å². The van der Waals surface area contributed by atoms with Crippen LogP contribution in [0.3, 0.4) is 0 Å². The molecule has 1 amide bonds. The van der Waals surface area contributed by atoms with Gasteiger partial charge in [-0.1, -0.05) is 18.2 Å². The minimum absolute atomic E-state index is 0.289. The summed E-state index contributed by atoms with van der Waals surface area (Å²) >= 11 is 0. The first-order valence-electron chi connectivity index (χ1n) is 5.54. The minimum atomic E-state index is -0.289. The van der Waals surface area contributed by atoms with Crippen molar-refractivity contribution in [2.45, 2.75) is 12.3 Å². The maximum absolute atomic E-state index is 11.0. The number of carbonyl (C=O) groups is 1. The van der Waals surface area contributed by atoms with Crippen molar-refractivity contribution in [3.63, 3.8) is 0 Å². The molecule has 16 heavy (non-hydrogen) atoms. The zero-order chi connectivity index (χ0) is 11.5. The van der Waals surface area contributed by atoms with E-state index in [4.69, 9.17) is 11.5 Å². The lowest BCUT2D eigenvalue weighted by atomic mass is 9.98. The van der Waals surface area contributed by atoms with Crippen molar-refractivity contribution in [2.24, 2.45) is 11.5 Å². The number of hydrogen-bond donors (Lipinski definition) is 2. The molecule has 0 saturated heterocycles. The number of carbonyl (C=O) groups excluding carboxylic acids is 1. The second-order valence-corrected chi connectivity index (χ2v) is 4.18. The lowest BCUT2D eigenvalue weighted by molar-refractivity contribution is -0.116. The van der Waals surface area contributed by atoms with Crippen molar-refractivity contribution < 1.29 is 4.79 Å². The largest absolute Gasteiger partial charge is 0.368 e. The van der Waals surface area contributed by atoms with Gasteiger partial charge in [-0.2, -0.15) is 0 Å². The molecular weight excluding hydrogens is 202 g/mol. The van der Waals surface area contributed by atoms with E-state index < -0.39 is 0 Å². The number of anilines is 1. The third-order valence-corrected chi connectivity index (χ3v) is 3.02. The van der Waals surface area contributed by atoms with Crippen molar-refractivity contribution in [3.05, 3.63) is 29.8 Å². The van der Waals surface area contributed by atoms with Crippen LogP contribution in [0.4, 0.5) is 5.69 Å². The van der Waals surface area contributed by atoms with Gasteiger partial charge >= 0.3 is 0 Å². The molecule has 1 aromatic carbocycles. The van der Waals surface area contributed by atoms with Gasteiger partial charge in [0.2, 0.25) is 5.91 Å². The molecule has 4 nitrogen and oxygen atoms in total. The van der Waals surface area contributed by atoms with E-state index in [0.717, 1.165) is 18.7 Å². The first kappa shape index (κ1) is 11.0. The average Bonchev–Trinajstić information content (AvgIpc) is 2.58. The Morgan fingerprint density at radius 3 is 2.88 bits per heavy atom. The van der Waals surface area contributed by atoms with E-state index in [0.29, 0.717) is 12.5 Å². The molecule has 1 aliphatic heterocycles. The Morgan fingerprint density at radius 1 is 1.44 bits per heavy atom. The molecule has 0 spiro atoms. The zero-order valence-electron chi connectivity index (χ0n) is 9.23. The van der Waals surface area contributed by atoms with Gasteiger partial charge in [-0.15, -0.1) is 0 Å². The van der Waals surface area contributed by atoms with Gasteiger partial charge in [0.15, 0.2) is 0 Å². The van der Waals surface area contributed by atoms with Crippen molar-refractivity contribution in [3.8, 4) is 0 Å². The normalized spacial score (nSPS) is 18.6. The van der Waals surface area contributed by atoms with Crippen molar-refractivity contribution in [1.82, 2.24) is 0 Å². The second kappa shape index (κ2) is 4.53. The van der Waals surface area contributed by atoms with Crippen LogP contribution < -0.4 is 16.4 Å². The SMILES string of the molecule is NCCC1CN(CC(N)=O)c2ccccc21. The first-order valence-corrected chi connectivity index (χ1v) is 5.54. The lowest BCUT2D eigenvalue weighted by Crippen LogP contribution is -2.33. The molecule has 0 bridgehead atoms. The monoisotopic (exact) mass is 219 g/mol. The number of primary amides is 1. The van der Waals surface area contributed by atoms with E-state index in [1.165, 1.54) is 5.56 Å². The maximum atomic E-state index is 11.0. The molecular formula is C12H17N3O. The summed E-state index contributed by atoms with van der Waals surface area (Å²) in [5, 5.41) is 0. The molecule has 0 aliphatic carbocycles. The molecule has 1 aliphatic rings. The maximum Gasteiger partial charge on any atom is 0.236 e. The number of rotatable bonds is 4. The molecule has 4 N–H and O–H groups in total. The van der Waals surface area contributed by atoms with Crippen molar-refractivity contribution in [1.29, 1.82) is 0 Å². The second-order valence-electron chi connectivity index (χ2n) is 4.18. The van der Waals surface area contributed by atoms with Gasteiger partial charge in [0.05, 0.1) is 6.54 Å². The van der Waals surface area contributed by atoms with Crippen LogP contribution in [0.1, 0.15) is 17.9 Å². The van der Waals surface area contributed by atoms with Gasteiger partial charge in [-0.3, -0.25) is 4.79 Å². The summed E-state index contributed by atoms with van der Waals surface area (Å²) in [5.74, 6) is 0.142. The first-order chi connectivity index (χ1) is 7.72. The highest BCUT2D eigenvalue weighted by atomic mass is 16.1. The molecule has 2 rings (SSSR count).